The SMILES string of the molecule is O=C1CN2c3c(cccc3[C@@H]3CN(CCCc4[nH]nc5cnccc45)CC[C@@H]32)N1.O=C1CN2c3c(cccc3[C@@H]3CN(CCCc4noc5cc(F)ccc45)CC[C@@H]32)N1.O=C1CN2c3c(cccc3[C@@H]3CN(CCCc4noc5cnccc45)CC[C@@H]32)N1. The number of aryl methyl sites for hydroxylation is 3. The lowest BCUT2D eigenvalue weighted by Crippen LogP contribution is -2.49. The number of carbonyl (C=O) groups excluding carboxylic acids is 3. The number of fused-ring (bicyclic) bond motifs is 12. The van der Waals surface area contributed by atoms with Gasteiger partial charge in [-0.15, -0.1) is 0 Å². The average Bonchev–Trinajstić information content (AvgIpc) is 1.68. The molecular formula is C67H70FN15O5. The van der Waals surface area contributed by atoms with Crippen LogP contribution in [0.2, 0.25) is 0 Å². The van der Waals surface area contributed by atoms with Crippen LogP contribution < -0.4 is 30.7 Å². The van der Waals surface area contributed by atoms with E-state index in [9.17, 15) is 18.8 Å². The van der Waals surface area contributed by atoms with Crippen LogP contribution in [-0.2, 0) is 33.6 Å². The Morgan fingerprint density at radius 2 is 0.966 bits per heavy atom. The second-order valence-corrected chi connectivity index (χ2v) is 25.2. The van der Waals surface area contributed by atoms with Crippen LogP contribution in [0.25, 0.3) is 32.8 Å². The van der Waals surface area contributed by atoms with Gasteiger partial charge in [0.05, 0.1) is 77.5 Å². The monoisotopic (exact) mass is 1180 g/mol. The molecule has 0 saturated carbocycles. The zero-order valence-corrected chi connectivity index (χ0v) is 49.0. The van der Waals surface area contributed by atoms with Gasteiger partial charge in [-0.05, 0) is 137 Å². The van der Waals surface area contributed by atoms with E-state index in [0.29, 0.717) is 61.1 Å². The maximum absolute atomic E-state index is 13.3. The number of carbonyl (C=O) groups is 3. The minimum absolute atomic E-state index is 0.0856. The predicted molar refractivity (Wildman–Crippen MR) is 335 cm³/mol. The molecule has 9 aromatic rings. The Hall–Kier alpha value is -8.79. The van der Waals surface area contributed by atoms with Gasteiger partial charge in [0.25, 0.3) is 0 Å². The Balaban J connectivity index is 0.000000106. The molecule has 450 valence electrons. The van der Waals surface area contributed by atoms with E-state index in [4.69, 9.17) is 9.05 Å². The van der Waals surface area contributed by atoms with Gasteiger partial charge >= 0.3 is 0 Å². The van der Waals surface area contributed by atoms with E-state index >= 15 is 0 Å². The number of benzene rings is 4. The maximum Gasteiger partial charge on any atom is 0.243 e. The van der Waals surface area contributed by atoms with Crippen LogP contribution in [0, 0.1) is 5.82 Å². The highest BCUT2D eigenvalue weighted by Crippen LogP contribution is 2.52. The molecule has 18 rings (SSSR count). The molecule has 21 heteroatoms. The Morgan fingerprint density at radius 3 is 1.48 bits per heavy atom. The van der Waals surface area contributed by atoms with E-state index in [1.54, 1.807) is 18.5 Å². The number of para-hydroxylation sites is 3. The van der Waals surface area contributed by atoms with E-state index in [1.165, 1.54) is 57.0 Å². The highest BCUT2D eigenvalue weighted by Gasteiger charge is 2.48. The molecule has 0 bridgehead atoms. The number of aromatic nitrogens is 6. The maximum atomic E-state index is 13.3. The summed E-state index contributed by atoms with van der Waals surface area (Å²) in [5.74, 6) is 1.41. The van der Waals surface area contributed by atoms with Crippen molar-refractivity contribution in [1.29, 1.82) is 0 Å². The zero-order chi connectivity index (χ0) is 59.0. The van der Waals surface area contributed by atoms with Gasteiger partial charge in [0.1, 0.15) is 11.3 Å². The normalized spacial score (nSPS) is 23.1. The number of hydrogen-bond donors (Lipinski definition) is 4. The third kappa shape index (κ3) is 9.96. The number of rotatable bonds is 12. The zero-order valence-electron chi connectivity index (χ0n) is 49.0. The first-order valence-electron chi connectivity index (χ1n) is 31.5. The summed E-state index contributed by atoms with van der Waals surface area (Å²) in [6.45, 7) is 10.9. The lowest BCUT2D eigenvalue weighted by molar-refractivity contribution is -0.116. The first-order valence-corrected chi connectivity index (χ1v) is 31.5. The Bertz CT molecular complexity index is 3990. The number of likely N-dealkylation sites (tertiary alicyclic amines) is 3. The molecule has 0 unspecified atom stereocenters. The van der Waals surface area contributed by atoms with Crippen molar-refractivity contribution in [2.45, 2.75) is 93.7 Å². The molecular weight excluding hydrogens is 1110 g/mol. The van der Waals surface area contributed by atoms with Gasteiger partial charge < -0.3 is 54.4 Å². The van der Waals surface area contributed by atoms with E-state index in [2.05, 4.69) is 112 Å². The number of pyridine rings is 2. The van der Waals surface area contributed by atoms with Gasteiger partial charge in [-0.2, -0.15) is 5.10 Å². The molecule has 4 N–H and O–H groups in total. The summed E-state index contributed by atoms with van der Waals surface area (Å²) in [6, 6.07) is 28.9. The third-order valence-electron chi connectivity index (χ3n) is 20.2. The summed E-state index contributed by atoms with van der Waals surface area (Å²) in [6.07, 6.45) is 16.3. The lowest BCUT2D eigenvalue weighted by Gasteiger charge is -2.39. The van der Waals surface area contributed by atoms with Crippen LogP contribution in [0.3, 0.4) is 0 Å². The van der Waals surface area contributed by atoms with Crippen molar-refractivity contribution in [1.82, 2.24) is 45.2 Å². The first kappa shape index (κ1) is 54.6. The molecule has 9 aliphatic rings. The van der Waals surface area contributed by atoms with E-state index in [1.807, 2.05) is 42.7 Å². The molecule has 6 atom stereocenters. The number of piperidine rings is 3. The summed E-state index contributed by atoms with van der Waals surface area (Å²) in [5, 5.41) is 28.2. The fourth-order valence-electron chi connectivity index (χ4n) is 16.3. The molecule has 4 aromatic carbocycles. The smallest absolute Gasteiger partial charge is 0.243 e. The number of H-pyrrole nitrogens is 1. The Morgan fingerprint density at radius 1 is 0.511 bits per heavy atom. The molecule has 0 radical (unpaired) electrons. The minimum atomic E-state index is -0.303. The molecule has 0 spiro atoms. The van der Waals surface area contributed by atoms with E-state index in [0.717, 1.165) is 167 Å². The summed E-state index contributed by atoms with van der Waals surface area (Å²) in [4.78, 5) is 59.3. The Labute approximate surface area is 507 Å². The van der Waals surface area contributed by atoms with Gasteiger partial charge in [-0.25, -0.2) is 4.39 Å². The van der Waals surface area contributed by atoms with E-state index < -0.39 is 0 Å². The minimum Gasteiger partial charge on any atom is -0.357 e. The van der Waals surface area contributed by atoms with Crippen molar-refractivity contribution < 1.29 is 27.8 Å². The largest absolute Gasteiger partial charge is 0.357 e. The molecule has 3 amide bonds. The molecule has 3 fully saturated rings. The summed E-state index contributed by atoms with van der Waals surface area (Å²) >= 11 is 0. The molecule has 88 heavy (non-hydrogen) atoms. The Kier molecular flexibility index (Phi) is 14.1. The van der Waals surface area contributed by atoms with Crippen molar-refractivity contribution in [2.24, 2.45) is 0 Å². The fraction of sp³-hybridized carbons (Fsp3) is 0.403. The van der Waals surface area contributed by atoms with Gasteiger partial charge in [0.2, 0.25) is 17.7 Å². The van der Waals surface area contributed by atoms with Gasteiger partial charge in [-0.3, -0.25) is 29.5 Å². The average molecular weight is 1180 g/mol. The molecule has 0 aliphatic carbocycles. The van der Waals surface area contributed by atoms with Crippen LogP contribution in [0.5, 0.6) is 0 Å². The second kappa shape index (κ2) is 22.7. The number of aromatic amines is 1. The van der Waals surface area contributed by atoms with Crippen LogP contribution in [0.15, 0.2) is 119 Å². The first-order chi connectivity index (χ1) is 43.2. The van der Waals surface area contributed by atoms with Crippen molar-refractivity contribution in [3.63, 3.8) is 0 Å². The van der Waals surface area contributed by atoms with Crippen molar-refractivity contribution in [3.05, 3.63) is 149 Å². The van der Waals surface area contributed by atoms with Crippen molar-refractivity contribution in [3.8, 4) is 0 Å². The molecule has 20 nitrogen and oxygen atoms in total. The summed E-state index contributed by atoms with van der Waals surface area (Å²) in [5.41, 5.74) is 16.2. The highest BCUT2D eigenvalue weighted by atomic mass is 19.1. The van der Waals surface area contributed by atoms with E-state index in [-0.39, 0.29) is 23.5 Å². The third-order valence-corrected chi connectivity index (χ3v) is 20.2. The molecule has 3 saturated heterocycles. The number of nitrogens with one attached hydrogen (secondary N) is 4. The standard InChI is InChI=1S/C23H23FN4O2.C22H24N6O.C22H23N5O2/c24-14-6-7-16-18(26-30-21(16)11-14)5-2-9-27-10-8-20-17(12-27)15-3-1-4-19-23(15)28(20)13-22(29)25-19;29-21-13-28-20-7-10-27(12-16(20)14-3-1-4-18(24-21)22(14)28)9-2-5-17-15-6-8-23-11-19(15)26-25-17;28-21-13-27-19-7-10-26(12-16(19)14-3-1-4-18(24-21)22(14)27)9-2-5-17-15-6-8-23-11-20(15)29-25-17/h1,3-4,6-7,11,17,20H,2,5,8-10,12-13H2,(H,25,29);1,3-4,6,8,11,16,20H,2,5,7,9-10,12-13H2,(H,24,29)(H,25,26);1,3-4,6,8,11,16,19H,2,5,7,9-10,12-13H2,(H,24,28)/t17-,20-;16-,20-;16-,19-/m000/s1. The lowest BCUT2D eigenvalue weighted by atomic mass is 9.89. The summed E-state index contributed by atoms with van der Waals surface area (Å²) in [7, 11) is 0. The fourth-order valence-corrected chi connectivity index (χ4v) is 16.3. The van der Waals surface area contributed by atoms with Crippen LogP contribution in [-0.4, -0.2) is 160 Å². The topological polar surface area (TPSA) is 213 Å². The quantitative estimate of drug-likeness (QED) is 0.0899. The van der Waals surface area contributed by atoms with Gasteiger partial charge in [0, 0.05) is 115 Å². The van der Waals surface area contributed by atoms with Crippen molar-refractivity contribution in [2.75, 3.05) is 109 Å². The summed E-state index contributed by atoms with van der Waals surface area (Å²) < 4.78 is 24.0. The molecule has 9 aliphatic heterocycles. The number of hydrogen-bond acceptors (Lipinski definition) is 16. The van der Waals surface area contributed by atoms with Crippen molar-refractivity contribution >= 4 is 84.7 Å². The van der Waals surface area contributed by atoms with Crippen LogP contribution in [0.4, 0.5) is 38.5 Å². The second-order valence-electron chi connectivity index (χ2n) is 25.2. The number of halogens is 1. The number of anilines is 6. The predicted octanol–water partition coefficient (Wildman–Crippen LogP) is 8.84. The highest BCUT2D eigenvalue weighted by molar-refractivity contribution is 6.05. The van der Waals surface area contributed by atoms with Crippen LogP contribution in [0.1, 0.15) is 90.1 Å². The van der Waals surface area contributed by atoms with Gasteiger partial charge in [-0.1, -0.05) is 46.7 Å². The molecule has 14 heterocycles. The van der Waals surface area contributed by atoms with Crippen LogP contribution >= 0.6 is 0 Å². The molecule has 5 aromatic heterocycles. The number of amides is 3. The number of nitrogens with zero attached hydrogens (tertiary/aromatic N) is 11. The van der Waals surface area contributed by atoms with Gasteiger partial charge in [0.15, 0.2) is 11.2 Å².